The van der Waals surface area contributed by atoms with Crippen molar-refractivity contribution >= 4 is 11.9 Å². The number of urea groups is 1. The van der Waals surface area contributed by atoms with Gasteiger partial charge in [0.15, 0.2) is 0 Å². The predicted molar refractivity (Wildman–Crippen MR) is 102 cm³/mol. The first-order valence-corrected chi connectivity index (χ1v) is 9.50. The van der Waals surface area contributed by atoms with Crippen LogP contribution in [-0.4, -0.2) is 47.0 Å². The molecule has 2 aliphatic rings. The second-order valence-corrected chi connectivity index (χ2v) is 7.33. The lowest BCUT2D eigenvalue weighted by Gasteiger charge is -2.32. The molecule has 27 heavy (non-hydrogen) atoms. The van der Waals surface area contributed by atoms with E-state index in [1.807, 2.05) is 23.1 Å². The van der Waals surface area contributed by atoms with E-state index in [-0.39, 0.29) is 24.0 Å². The molecule has 140 valence electrons. The van der Waals surface area contributed by atoms with E-state index in [4.69, 9.17) is 0 Å². The van der Waals surface area contributed by atoms with Crippen molar-refractivity contribution in [3.63, 3.8) is 0 Å². The van der Waals surface area contributed by atoms with Crippen molar-refractivity contribution < 1.29 is 9.59 Å². The largest absolute Gasteiger partial charge is 0.349 e. The Morgan fingerprint density at radius 3 is 2.67 bits per heavy atom. The molecule has 2 N–H and O–H groups in total. The summed E-state index contributed by atoms with van der Waals surface area (Å²) in [4.78, 5) is 30.7. The molecule has 1 aliphatic carbocycles. The summed E-state index contributed by atoms with van der Waals surface area (Å²) in [5.41, 5.74) is 1.80. The Kier molecular flexibility index (Phi) is 5.05. The molecule has 1 aliphatic heterocycles. The van der Waals surface area contributed by atoms with Gasteiger partial charge in [-0.25, -0.2) is 4.79 Å². The second kappa shape index (κ2) is 7.78. The van der Waals surface area contributed by atoms with Crippen molar-refractivity contribution in [2.45, 2.75) is 31.3 Å². The van der Waals surface area contributed by atoms with Gasteiger partial charge >= 0.3 is 6.03 Å². The van der Waals surface area contributed by atoms with Crippen LogP contribution in [0.1, 0.15) is 28.8 Å². The van der Waals surface area contributed by atoms with Crippen molar-refractivity contribution in [3.8, 4) is 0 Å². The Morgan fingerprint density at radius 2 is 1.96 bits per heavy atom. The molecule has 6 heteroatoms. The topological polar surface area (TPSA) is 74.3 Å². The molecular formula is C21H24N4O2. The molecule has 6 nitrogen and oxygen atoms in total. The van der Waals surface area contributed by atoms with Crippen LogP contribution in [0.5, 0.6) is 0 Å². The van der Waals surface area contributed by atoms with Gasteiger partial charge in [0.2, 0.25) is 0 Å². The molecule has 1 saturated carbocycles. The van der Waals surface area contributed by atoms with Crippen LogP contribution in [0.25, 0.3) is 0 Å². The number of aromatic nitrogens is 1. The van der Waals surface area contributed by atoms with Gasteiger partial charge in [-0.2, -0.15) is 0 Å². The van der Waals surface area contributed by atoms with Gasteiger partial charge in [0.25, 0.3) is 5.91 Å². The van der Waals surface area contributed by atoms with Gasteiger partial charge in [0, 0.05) is 37.6 Å². The van der Waals surface area contributed by atoms with Gasteiger partial charge in [-0.3, -0.25) is 9.78 Å². The molecule has 3 amide bonds. The molecule has 1 saturated heterocycles. The van der Waals surface area contributed by atoms with Crippen LogP contribution in [0.4, 0.5) is 4.79 Å². The second-order valence-electron chi connectivity index (χ2n) is 7.33. The van der Waals surface area contributed by atoms with E-state index >= 15 is 0 Å². The number of pyridine rings is 1. The zero-order valence-electron chi connectivity index (χ0n) is 15.2. The summed E-state index contributed by atoms with van der Waals surface area (Å²) in [6, 6.07) is 14.0. The lowest BCUT2D eigenvalue weighted by Crippen LogP contribution is -2.50. The van der Waals surface area contributed by atoms with Gasteiger partial charge in [0.1, 0.15) is 0 Å². The molecule has 1 aromatic carbocycles. The number of likely N-dealkylation sites (tertiary alicyclic amines) is 1. The first kappa shape index (κ1) is 17.5. The predicted octanol–water partition coefficient (Wildman–Crippen LogP) is 2.23. The van der Waals surface area contributed by atoms with Crippen LogP contribution in [0.3, 0.4) is 0 Å². The molecule has 3 unspecified atom stereocenters. The number of nitrogens with zero attached hydrogens (tertiary/aromatic N) is 2. The summed E-state index contributed by atoms with van der Waals surface area (Å²) >= 11 is 0. The standard InChI is InChI=1S/C21H24N4O2/c26-20(16-7-4-9-22-13-16)24-19-12-18-11-17(19)14-25(18)21(27)23-10-8-15-5-2-1-3-6-15/h1-7,9,13,17-19H,8,10-12,14H2,(H,23,27)(H,24,26). The number of benzene rings is 1. The maximum atomic E-state index is 12.5. The molecule has 0 spiro atoms. The molecular weight excluding hydrogens is 340 g/mol. The lowest BCUT2D eigenvalue weighted by atomic mass is 10.0. The number of fused-ring (bicyclic) bond motifs is 2. The van der Waals surface area contributed by atoms with E-state index < -0.39 is 0 Å². The fourth-order valence-electron chi connectivity index (χ4n) is 4.19. The highest BCUT2D eigenvalue weighted by Crippen LogP contribution is 2.37. The quantitative estimate of drug-likeness (QED) is 0.854. The minimum atomic E-state index is -0.0838. The van der Waals surface area contributed by atoms with E-state index in [0.717, 1.165) is 19.3 Å². The Hall–Kier alpha value is -2.89. The van der Waals surface area contributed by atoms with Crippen LogP contribution >= 0.6 is 0 Å². The van der Waals surface area contributed by atoms with E-state index in [2.05, 4.69) is 27.8 Å². The average Bonchev–Trinajstić information content (AvgIpc) is 3.30. The fourth-order valence-corrected chi connectivity index (χ4v) is 4.19. The van der Waals surface area contributed by atoms with Gasteiger partial charge in [-0.05, 0) is 42.9 Å². The zero-order chi connectivity index (χ0) is 18.6. The van der Waals surface area contributed by atoms with Crippen LogP contribution in [-0.2, 0) is 6.42 Å². The number of rotatable bonds is 5. The molecule has 1 aromatic heterocycles. The summed E-state index contributed by atoms with van der Waals surface area (Å²) in [7, 11) is 0. The molecule has 3 atom stereocenters. The van der Waals surface area contributed by atoms with Crippen LogP contribution in [0, 0.1) is 5.92 Å². The summed E-state index contributed by atoms with van der Waals surface area (Å²) < 4.78 is 0. The third kappa shape index (κ3) is 3.94. The maximum absolute atomic E-state index is 12.5. The number of carbonyl (C=O) groups is 2. The van der Waals surface area contributed by atoms with E-state index in [0.29, 0.717) is 24.6 Å². The zero-order valence-corrected chi connectivity index (χ0v) is 15.2. The highest BCUT2D eigenvalue weighted by molar-refractivity contribution is 5.94. The Labute approximate surface area is 159 Å². The lowest BCUT2D eigenvalue weighted by molar-refractivity contribution is 0.0913. The van der Waals surface area contributed by atoms with Crippen molar-refractivity contribution in [2.24, 2.45) is 5.92 Å². The molecule has 2 aromatic rings. The number of carbonyl (C=O) groups excluding carboxylic acids is 2. The number of hydrogen-bond acceptors (Lipinski definition) is 3. The number of nitrogens with one attached hydrogen (secondary N) is 2. The first-order valence-electron chi connectivity index (χ1n) is 9.50. The van der Waals surface area contributed by atoms with Gasteiger partial charge < -0.3 is 15.5 Å². The average molecular weight is 364 g/mol. The molecule has 2 fully saturated rings. The Balaban J connectivity index is 1.24. The Morgan fingerprint density at radius 1 is 1.11 bits per heavy atom. The summed E-state index contributed by atoms with van der Waals surface area (Å²) in [5, 5.41) is 6.14. The minimum Gasteiger partial charge on any atom is -0.349 e. The van der Waals surface area contributed by atoms with Crippen molar-refractivity contribution in [1.82, 2.24) is 20.5 Å². The van der Waals surface area contributed by atoms with Gasteiger partial charge in [0.05, 0.1) is 5.56 Å². The Bertz CT molecular complexity index is 796. The molecule has 4 rings (SSSR count). The maximum Gasteiger partial charge on any atom is 0.317 e. The number of hydrogen-bond donors (Lipinski definition) is 2. The normalized spacial score (nSPS) is 23.3. The summed E-state index contributed by atoms with van der Waals surface area (Å²) in [6.07, 6.45) is 5.85. The van der Waals surface area contributed by atoms with Gasteiger partial charge in [-0.15, -0.1) is 0 Å². The van der Waals surface area contributed by atoms with Crippen molar-refractivity contribution in [3.05, 3.63) is 66.0 Å². The third-order valence-electron chi connectivity index (χ3n) is 5.58. The van der Waals surface area contributed by atoms with Crippen molar-refractivity contribution in [2.75, 3.05) is 13.1 Å². The summed E-state index contributed by atoms with van der Waals surface area (Å²) in [6.45, 7) is 1.34. The first-order chi connectivity index (χ1) is 13.2. The summed E-state index contributed by atoms with van der Waals surface area (Å²) in [5.74, 6) is 0.245. The molecule has 0 radical (unpaired) electrons. The van der Waals surface area contributed by atoms with Crippen LogP contribution < -0.4 is 10.6 Å². The van der Waals surface area contributed by atoms with Gasteiger partial charge in [-0.1, -0.05) is 30.3 Å². The van der Waals surface area contributed by atoms with E-state index in [1.54, 1.807) is 24.5 Å². The highest BCUT2D eigenvalue weighted by atomic mass is 16.2. The van der Waals surface area contributed by atoms with E-state index in [9.17, 15) is 9.59 Å². The minimum absolute atomic E-state index is 0.00969. The smallest absolute Gasteiger partial charge is 0.317 e. The van der Waals surface area contributed by atoms with Crippen molar-refractivity contribution in [1.29, 1.82) is 0 Å². The highest BCUT2D eigenvalue weighted by Gasteiger charge is 2.46. The fraction of sp³-hybridized carbons (Fsp3) is 0.381. The molecule has 2 heterocycles. The SMILES string of the molecule is O=C(NC1CC2CC1CN2C(=O)NCCc1ccccc1)c1cccnc1. The monoisotopic (exact) mass is 364 g/mol. The number of piperidine rings is 1. The van der Waals surface area contributed by atoms with E-state index in [1.165, 1.54) is 5.56 Å². The van der Waals surface area contributed by atoms with Crippen LogP contribution in [0.15, 0.2) is 54.9 Å². The third-order valence-corrected chi connectivity index (χ3v) is 5.58. The van der Waals surface area contributed by atoms with Crippen LogP contribution in [0.2, 0.25) is 0 Å². The molecule has 2 bridgehead atoms. The number of amides is 3.